The van der Waals surface area contributed by atoms with Crippen molar-refractivity contribution in [2.75, 3.05) is 26.2 Å². The van der Waals surface area contributed by atoms with Gasteiger partial charge in [-0.15, -0.1) is 14.7 Å². The summed E-state index contributed by atoms with van der Waals surface area (Å²) in [5.41, 5.74) is 14.3. The molecule has 8 rings (SSSR count). The number of nitrogens with zero attached hydrogens (tertiary/aromatic N) is 7. The SMILES string of the molecule is NCCCC[C@H]1C(=O)N(N=O)[C@@H](Cc2ccc(OCc3ccccc3)cc2)C(=O)N(N=O)[C@@H](Cc2ccccc2)C(=O)N2C[C@H](OC(=O)NCCN)C[C@H]2C(=O)N[C@@H](c2ccccc2)C(=O)N[C@H](Cc2c[nH]c3ccccc23)C(=O)N1N=O. The summed E-state index contributed by atoms with van der Waals surface area (Å²) in [7, 11) is 0. The Morgan fingerprint density at radius 3 is 1.82 bits per heavy atom. The van der Waals surface area contributed by atoms with Crippen LogP contribution in [0.4, 0.5) is 4.79 Å². The lowest BCUT2D eigenvalue weighted by Gasteiger charge is -2.35. The van der Waals surface area contributed by atoms with E-state index in [4.69, 9.17) is 20.9 Å². The first-order valence-electron chi connectivity index (χ1n) is 27.0. The molecule has 0 unspecified atom stereocenters. The number of H-pyrrole nitrogens is 1. The third-order valence-corrected chi connectivity index (χ3v) is 14.4. The summed E-state index contributed by atoms with van der Waals surface area (Å²) in [5.74, 6) is -6.74. The summed E-state index contributed by atoms with van der Waals surface area (Å²) < 4.78 is 11.7. The van der Waals surface area contributed by atoms with Crippen LogP contribution >= 0.6 is 0 Å². The van der Waals surface area contributed by atoms with Gasteiger partial charge in [0.25, 0.3) is 17.7 Å². The Morgan fingerprint density at radius 1 is 0.602 bits per heavy atom. The van der Waals surface area contributed by atoms with Gasteiger partial charge in [0.05, 0.1) is 22.4 Å². The molecule has 25 heteroatoms. The van der Waals surface area contributed by atoms with Crippen molar-refractivity contribution in [3.05, 3.63) is 188 Å². The Morgan fingerprint density at radius 2 is 1.18 bits per heavy atom. The zero-order chi connectivity index (χ0) is 58.8. The molecule has 83 heavy (non-hydrogen) atoms. The summed E-state index contributed by atoms with van der Waals surface area (Å²) in [5, 5.41) is 18.5. The normalized spacial score (nSPS) is 21.1. The Hall–Kier alpha value is -9.75. The smallest absolute Gasteiger partial charge is 0.407 e. The molecule has 0 spiro atoms. The number of nitrogens with one attached hydrogen (secondary N) is 4. The van der Waals surface area contributed by atoms with Gasteiger partial charge in [0, 0.05) is 55.9 Å². The summed E-state index contributed by atoms with van der Waals surface area (Å²) in [6.07, 6.45) is -2.50. The second-order valence-electron chi connectivity index (χ2n) is 19.9. The average Bonchev–Trinajstić information content (AvgIpc) is 4.38. The third kappa shape index (κ3) is 14.6. The Bertz CT molecular complexity index is 3250. The number of aromatic nitrogens is 1. The third-order valence-electron chi connectivity index (χ3n) is 14.4. The molecular weight excluding hydrogens is 1070 g/mol. The number of rotatable bonds is 20. The highest BCUT2D eigenvalue weighted by molar-refractivity contribution is 5.99. The van der Waals surface area contributed by atoms with Crippen LogP contribution in [-0.2, 0) is 59.4 Å². The number of fused-ring (bicyclic) bond motifs is 2. The first-order chi connectivity index (χ1) is 40.3. The fourth-order valence-electron chi connectivity index (χ4n) is 10.2. The molecule has 2 saturated heterocycles. The molecule has 0 radical (unpaired) electrons. The molecule has 5 aromatic carbocycles. The molecule has 7 amide bonds. The minimum absolute atomic E-state index is 0.00857. The van der Waals surface area contributed by atoms with E-state index < -0.39 is 110 Å². The average molecular weight is 1130 g/mol. The van der Waals surface area contributed by atoms with E-state index >= 15 is 28.8 Å². The Labute approximate surface area is 476 Å². The summed E-state index contributed by atoms with van der Waals surface area (Å²) in [6, 6.07) is 27.3. The quantitative estimate of drug-likeness (QED) is 0.0451. The maximum Gasteiger partial charge on any atom is 0.407 e. The van der Waals surface area contributed by atoms with Crippen LogP contribution in [0, 0.1) is 14.7 Å². The largest absolute Gasteiger partial charge is 0.489 e. The van der Waals surface area contributed by atoms with Crippen molar-refractivity contribution < 1.29 is 43.0 Å². The van der Waals surface area contributed by atoms with E-state index in [1.54, 1.807) is 91.1 Å². The molecule has 2 fully saturated rings. The van der Waals surface area contributed by atoms with Gasteiger partial charge in [0.2, 0.25) is 17.7 Å². The molecule has 1 aromatic heterocycles. The zero-order valence-corrected chi connectivity index (χ0v) is 45.1. The molecule has 2 aliphatic rings. The number of hydrogen-bond acceptors (Lipinski definition) is 17. The van der Waals surface area contributed by atoms with E-state index in [1.165, 1.54) is 24.3 Å². The lowest BCUT2D eigenvalue weighted by atomic mass is 9.98. The van der Waals surface area contributed by atoms with Crippen molar-refractivity contribution in [1.29, 1.82) is 0 Å². The van der Waals surface area contributed by atoms with Gasteiger partial charge in [0.15, 0.2) is 0 Å². The number of para-hydroxylation sites is 1. The predicted octanol–water partition coefficient (Wildman–Crippen LogP) is 4.55. The predicted molar refractivity (Wildman–Crippen MR) is 302 cm³/mol. The van der Waals surface area contributed by atoms with E-state index in [9.17, 15) is 19.5 Å². The zero-order valence-electron chi connectivity index (χ0n) is 45.1. The molecule has 7 atom stereocenters. The van der Waals surface area contributed by atoms with Gasteiger partial charge < -0.3 is 46.8 Å². The van der Waals surface area contributed by atoms with Crippen LogP contribution < -0.4 is 32.2 Å². The van der Waals surface area contributed by atoms with Crippen molar-refractivity contribution in [2.45, 2.75) is 93.9 Å². The van der Waals surface area contributed by atoms with Crippen molar-refractivity contribution in [3.63, 3.8) is 0 Å². The maximum absolute atomic E-state index is 15.6. The number of unbranched alkanes of at least 4 members (excludes halogenated alkanes) is 1. The first kappa shape index (κ1) is 59.4. The summed E-state index contributed by atoms with van der Waals surface area (Å²) >= 11 is 0. The van der Waals surface area contributed by atoms with Crippen molar-refractivity contribution in [3.8, 4) is 5.75 Å². The number of ether oxygens (including phenoxy) is 2. The molecule has 3 heterocycles. The highest BCUT2D eigenvalue weighted by Crippen LogP contribution is 2.30. The molecule has 0 saturated carbocycles. The second-order valence-corrected chi connectivity index (χ2v) is 19.9. The minimum Gasteiger partial charge on any atom is -0.489 e. The number of carbonyl (C=O) groups excluding carboxylic acids is 7. The van der Waals surface area contributed by atoms with E-state index in [0.717, 1.165) is 10.5 Å². The summed E-state index contributed by atoms with van der Waals surface area (Å²) in [4.78, 5) is 150. The number of carbonyl (C=O) groups is 7. The fraction of sp³-hybridized carbons (Fsp3) is 0.328. The maximum atomic E-state index is 15.6. The van der Waals surface area contributed by atoms with Gasteiger partial charge in [-0.25, -0.2) is 4.79 Å². The molecule has 0 aliphatic carbocycles. The monoisotopic (exact) mass is 1130 g/mol. The Balaban J connectivity index is 1.29. The van der Waals surface area contributed by atoms with E-state index in [0.29, 0.717) is 27.8 Å². The van der Waals surface area contributed by atoms with Gasteiger partial charge in [-0.1, -0.05) is 121 Å². The van der Waals surface area contributed by atoms with Crippen molar-refractivity contribution in [1.82, 2.24) is 40.9 Å². The molecule has 2 aliphatic heterocycles. The van der Waals surface area contributed by atoms with Gasteiger partial charge in [-0.05, 0) is 71.8 Å². The number of amides is 7. The van der Waals surface area contributed by atoms with E-state index in [2.05, 4.69) is 36.8 Å². The number of nitroso groups, excluding NO2 is 3. The first-order valence-corrected chi connectivity index (χ1v) is 27.0. The molecular formula is C58H63N13O12. The molecule has 8 N–H and O–H groups in total. The van der Waals surface area contributed by atoms with Crippen LogP contribution in [0.3, 0.4) is 0 Å². The van der Waals surface area contributed by atoms with E-state index in [-0.39, 0.29) is 78.1 Å². The molecule has 0 bridgehead atoms. The number of alkyl carbamates (subject to hydrolysis) is 1. The lowest BCUT2D eigenvalue weighted by Crippen LogP contribution is -2.61. The minimum atomic E-state index is -2.16. The van der Waals surface area contributed by atoms with Gasteiger partial charge in [0.1, 0.15) is 54.7 Å². The number of benzene rings is 5. The topological polar surface area (TPSA) is 343 Å². The Kier molecular flexibility index (Phi) is 20.5. The van der Waals surface area contributed by atoms with Crippen LogP contribution in [-0.4, -0.2) is 129 Å². The standard InChI is InChI=1S/C58H63N13O12/c59-27-13-12-22-47-56(76)71(67-81)50(31-38-23-25-42(26-24-38)82-36-39-16-6-2-7-17-39)57(77)70(66-80)49(30-37-14-4-1-5-15-37)55(75)68-35-43(83-58(78)61-29-28-60)33-48(68)52(72)64-51(40-18-8-3-9-19-40)53(73)63-46(54(74)69(47)65-79)32-41-34-62-45-21-11-10-20-44(41)45/h1-11,14-21,23-26,34,43,46-51,62H,12-13,22,27-33,35-36,59-60H2,(H,61,78)(H,63,73)(H,64,72)/t43-,46-,47+,48+,49+,50+,51+/m1/s1. The highest BCUT2D eigenvalue weighted by atomic mass is 16.6. The molecule has 432 valence electrons. The van der Waals surface area contributed by atoms with Crippen molar-refractivity contribution >= 4 is 52.4 Å². The van der Waals surface area contributed by atoms with Gasteiger partial charge in [-0.2, -0.15) is 15.0 Å². The van der Waals surface area contributed by atoms with Crippen LogP contribution in [0.1, 0.15) is 59.5 Å². The van der Waals surface area contributed by atoms with Gasteiger partial charge >= 0.3 is 6.09 Å². The van der Waals surface area contributed by atoms with Crippen LogP contribution in [0.15, 0.2) is 162 Å². The van der Waals surface area contributed by atoms with Crippen molar-refractivity contribution in [2.24, 2.45) is 27.3 Å². The lowest BCUT2D eigenvalue weighted by molar-refractivity contribution is -0.157. The second kappa shape index (κ2) is 28.6. The van der Waals surface area contributed by atoms with Crippen LogP contribution in [0.5, 0.6) is 5.75 Å². The molecule has 6 aromatic rings. The number of aromatic amines is 1. The number of nitrogens with two attached hydrogens (primary N) is 2. The van der Waals surface area contributed by atoms with Crippen LogP contribution in [0.25, 0.3) is 10.9 Å². The fourth-order valence-corrected chi connectivity index (χ4v) is 10.2. The van der Waals surface area contributed by atoms with Crippen LogP contribution in [0.2, 0.25) is 0 Å². The molecule has 25 nitrogen and oxygen atoms in total. The number of hydrogen-bond donors (Lipinski definition) is 6. The van der Waals surface area contributed by atoms with Gasteiger partial charge in [-0.3, -0.25) is 28.8 Å². The van der Waals surface area contributed by atoms with E-state index in [1.807, 2.05) is 30.3 Å². The summed E-state index contributed by atoms with van der Waals surface area (Å²) in [6.45, 7) is -0.166. The highest BCUT2D eigenvalue weighted by Gasteiger charge is 2.50.